The molecule has 114 valence electrons. The summed E-state index contributed by atoms with van der Waals surface area (Å²) in [6.07, 6.45) is 0. The first-order chi connectivity index (χ1) is 9.79. The van der Waals surface area contributed by atoms with Gasteiger partial charge in [-0.15, -0.1) is 11.8 Å². The number of hydrogen-bond donors (Lipinski definition) is 2. The van der Waals surface area contributed by atoms with Gasteiger partial charge in [-0.05, 0) is 37.1 Å². The number of thioether (sulfide) groups is 1. The van der Waals surface area contributed by atoms with E-state index in [-0.39, 0.29) is 5.75 Å². The molecule has 0 aliphatic rings. The third-order valence-electron chi connectivity index (χ3n) is 2.43. The van der Waals surface area contributed by atoms with E-state index in [9.17, 15) is 14.4 Å². The lowest BCUT2D eigenvalue weighted by Crippen LogP contribution is -2.37. The van der Waals surface area contributed by atoms with Crippen molar-refractivity contribution in [3.05, 3.63) is 27.7 Å². The molecule has 0 heterocycles. The van der Waals surface area contributed by atoms with Gasteiger partial charge in [0.1, 0.15) is 0 Å². The highest BCUT2D eigenvalue weighted by atomic mass is 79.9. The van der Waals surface area contributed by atoms with Crippen molar-refractivity contribution >= 4 is 45.6 Å². The van der Waals surface area contributed by atoms with Crippen LogP contribution in [0, 0.1) is 13.8 Å². The summed E-state index contributed by atoms with van der Waals surface area (Å²) in [5, 5.41) is 1.81. The molecule has 0 spiro atoms. The van der Waals surface area contributed by atoms with Crippen molar-refractivity contribution in [2.75, 3.05) is 12.4 Å². The molecule has 0 bridgehead atoms. The highest BCUT2D eigenvalue weighted by molar-refractivity contribution is 9.10. The minimum absolute atomic E-state index is 0.0752. The molecule has 8 heteroatoms. The quantitative estimate of drug-likeness (QED) is 0.605. The van der Waals surface area contributed by atoms with Gasteiger partial charge in [0.05, 0.1) is 5.75 Å². The van der Waals surface area contributed by atoms with Gasteiger partial charge >= 0.3 is 12.0 Å². The van der Waals surface area contributed by atoms with Crippen molar-refractivity contribution in [2.24, 2.45) is 5.73 Å². The molecule has 0 atom stereocenters. The fourth-order valence-corrected chi connectivity index (χ4v) is 2.77. The van der Waals surface area contributed by atoms with E-state index in [0.29, 0.717) is 0 Å². The van der Waals surface area contributed by atoms with Gasteiger partial charge in [0.15, 0.2) is 6.61 Å². The maximum atomic E-state index is 11.5. The van der Waals surface area contributed by atoms with Crippen molar-refractivity contribution in [2.45, 2.75) is 18.7 Å². The summed E-state index contributed by atoms with van der Waals surface area (Å²) in [4.78, 5) is 34.0. The monoisotopic (exact) mass is 374 g/mol. The number of esters is 1. The van der Waals surface area contributed by atoms with E-state index in [1.807, 2.05) is 26.0 Å². The molecule has 0 radical (unpaired) electrons. The first-order valence-electron chi connectivity index (χ1n) is 5.94. The number of aryl methyl sites for hydroxylation is 2. The number of nitrogens with two attached hydrogens (primary N) is 1. The summed E-state index contributed by atoms with van der Waals surface area (Å²) < 4.78 is 5.74. The lowest BCUT2D eigenvalue weighted by molar-refractivity contribution is -0.145. The summed E-state index contributed by atoms with van der Waals surface area (Å²) >= 11 is 4.76. The maximum Gasteiger partial charge on any atom is 0.318 e. The number of amides is 3. The number of carbonyl (C=O) groups is 3. The molecular formula is C13H15BrN2O4S. The number of imide groups is 1. The zero-order chi connectivity index (χ0) is 16.0. The molecule has 0 saturated heterocycles. The van der Waals surface area contributed by atoms with E-state index in [2.05, 4.69) is 15.9 Å². The minimum Gasteiger partial charge on any atom is -0.455 e. The van der Waals surface area contributed by atoms with Gasteiger partial charge in [-0.1, -0.05) is 15.9 Å². The Balaban J connectivity index is 2.45. The van der Waals surface area contributed by atoms with E-state index >= 15 is 0 Å². The number of urea groups is 1. The number of benzene rings is 1. The van der Waals surface area contributed by atoms with E-state index in [0.717, 1.165) is 20.5 Å². The number of hydrogen-bond acceptors (Lipinski definition) is 5. The van der Waals surface area contributed by atoms with Crippen LogP contribution in [0.5, 0.6) is 0 Å². The van der Waals surface area contributed by atoms with E-state index in [1.54, 1.807) is 5.32 Å². The molecule has 21 heavy (non-hydrogen) atoms. The summed E-state index contributed by atoms with van der Waals surface area (Å²) in [5.41, 5.74) is 6.86. The van der Waals surface area contributed by atoms with Crippen LogP contribution in [0.15, 0.2) is 21.5 Å². The van der Waals surface area contributed by atoms with Gasteiger partial charge in [0.2, 0.25) is 0 Å². The van der Waals surface area contributed by atoms with E-state index in [1.165, 1.54) is 11.8 Å². The molecule has 0 aromatic heterocycles. The van der Waals surface area contributed by atoms with Crippen LogP contribution in [0.3, 0.4) is 0 Å². The number of primary amides is 1. The summed E-state index contributed by atoms with van der Waals surface area (Å²) in [5.74, 6) is -1.22. The van der Waals surface area contributed by atoms with Crippen molar-refractivity contribution in [1.29, 1.82) is 0 Å². The molecule has 3 N–H and O–H groups in total. The maximum absolute atomic E-state index is 11.5. The van der Waals surface area contributed by atoms with Crippen LogP contribution in [0.2, 0.25) is 0 Å². The molecule has 0 aliphatic heterocycles. The average molecular weight is 375 g/mol. The van der Waals surface area contributed by atoms with Gasteiger partial charge in [0, 0.05) is 9.37 Å². The molecule has 1 rings (SSSR count). The summed E-state index contributed by atoms with van der Waals surface area (Å²) in [6, 6.07) is 2.96. The Morgan fingerprint density at radius 2 is 1.95 bits per heavy atom. The molecule has 0 unspecified atom stereocenters. The highest BCUT2D eigenvalue weighted by Crippen LogP contribution is 2.28. The molecule has 3 amide bonds. The van der Waals surface area contributed by atoms with Crippen LogP contribution >= 0.6 is 27.7 Å². The molecule has 0 saturated carbocycles. The predicted octanol–water partition coefficient (Wildman–Crippen LogP) is 1.90. The van der Waals surface area contributed by atoms with E-state index < -0.39 is 24.5 Å². The van der Waals surface area contributed by atoms with Crippen molar-refractivity contribution in [3.8, 4) is 0 Å². The molecular weight excluding hydrogens is 360 g/mol. The smallest absolute Gasteiger partial charge is 0.318 e. The third-order valence-corrected chi connectivity index (χ3v) is 4.41. The van der Waals surface area contributed by atoms with Crippen molar-refractivity contribution < 1.29 is 19.1 Å². The number of ether oxygens (including phenoxy) is 1. The Bertz CT molecular complexity index is 578. The molecule has 1 aromatic carbocycles. The summed E-state index contributed by atoms with van der Waals surface area (Å²) in [7, 11) is 0. The molecule has 0 aliphatic carbocycles. The fourth-order valence-electron chi connectivity index (χ4n) is 1.41. The molecule has 0 fully saturated rings. The number of carbonyl (C=O) groups excluding carboxylic acids is 3. The normalized spacial score (nSPS) is 10.0. The minimum atomic E-state index is -0.980. The van der Waals surface area contributed by atoms with Crippen LogP contribution in [0.25, 0.3) is 0 Å². The molecule has 1 aromatic rings. The van der Waals surface area contributed by atoms with Crippen LogP contribution < -0.4 is 11.1 Å². The lowest BCUT2D eigenvalue weighted by Gasteiger charge is -2.08. The van der Waals surface area contributed by atoms with Gasteiger partial charge in [-0.25, -0.2) is 4.79 Å². The SMILES string of the molecule is Cc1cc(SCC(=O)OCC(=O)NC(N)=O)c(C)cc1Br. The van der Waals surface area contributed by atoms with Gasteiger partial charge in [-0.3, -0.25) is 14.9 Å². The number of halogens is 1. The first-order valence-corrected chi connectivity index (χ1v) is 7.72. The Kier molecular flexibility index (Phi) is 6.70. The third kappa shape index (κ3) is 6.17. The van der Waals surface area contributed by atoms with Gasteiger partial charge in [0.25, 0.3) is 5.91 Å². The second kappa shape index (κ2) is 8.04. The van der Waals surface area contributed by atoms with Crippen LogP contribution in [0.1, 0.15) is 11.1 Å². The van der Waals surface area contributed by atoms with Crippen LogP contribution in [-0.2, 0) is 14.3 Å². The Morgan fingerprint density at radius 1 is 1.29 bits per heavy atom. The van der Waals surface area contributed by atoms with Gasteiger partial charge < -0.3 is 10.5 Å². The lowest BCUT2D eigenvalue weighted by atomic mass is 10.2. The zero-order valence-corrected chi connectivity index (χ0v) is 14.0. The van der Waals surface area contributed by atoms with Crippen LogP contribution in [-0.4, -0.2) is 30.3 Å². The largest absolute Gasteiger partial charge is 0.455 e. The second-order valence-corrected chi connectivity index (χ2v) is 6.10. The highest BCUT2D eigenvalue weighted by Gasteiger charge is 2.11. The van der Waals surface area contributed by atoms with Gasteiger partial charge in [-0.2, -0.15) is 0 Å². The summed E-state index contributed by atoms with van der Waals surface area (Å²) in [6.45, 7) is 3.37. The average Bonchev–Trinajstić information content (AvgIpc) is 2.38. The standard InChI is InChI=1S/C13H15BrN2O4S/c1-7-4-10(8(2)3-9(7)14)21-6-12(18)20-5-11(17)16-13(15)19/h3-4H,5-6H2,1-2H3,(H3,15,16,17,19). The van der Waals surface area contributed by atoms with Crippen molar-refractivity contribution in [1.82, 2.24) is 5.32 Å². The predicted molar refractivity (Wildman–Crippen MR) is 83.0 cm³/mol. The fraction of sp³-hybridized carbons (Fsp3) is 0.308. The Morgan fingerprint density at radius 3 is 2.57 bits per heavy atom. The number of rotatable bonds is 5. The van der Waals surface area contributed by atoms with Crippen LogP contribution in [0.4, 0.5) is 4.79 Å². The molecule has 6 nitrogen and oxygen atoms in total. The Labute approximate surface area is 134 Å². The topological polar surface area (TPSA) is 98.5 Å². The zero-order valence-electron chi connectivity index (χ0n) is 11.6. The second-order valence-electron chi connectivity index (χ2n) is 4.23. The number of nitrogens with one attached hydrogen (secondary N) is 1. The van der Waals surface area contributed by atoms with Crippen molar-refractivity contribution in [3.63, 3.8) is 0 Å². The van der Waals surface area contributed by atoms with E-state index in [4.69, 9.17) is 10.5 Å². The first kappa shape index (κ1) is 17.5. The Hall–Kier alpha value is -1.54.